The number of nitrogens with one attached hydrogen (secondary N) is 2. The Kier molecular flexibility index (Phi) is 9.52. The lowest BCUT2D eigenvalue weighted by Crippen LogP contribution is -2.50. The smallest absolute Gasteiger partial charge is 0.237 e. The van der Waals surface area contributed by atoms with Gasteiger partial charge in [0.15, 0.2) is 0 Å². The predicted molar refractivity (Wildman–Crippen MR) is 129 cm³/mol. The maximum atomic E-state index is 12.9. The van der Waals surface area contributed by atoms with E-state index in [2.05, 4.69) is 34.3 Å². The standard InChI is InChI=1S/C25H42N4O3/c1-18(21-10-8-9-11-22(21)32-7)27-23(30)19(2)29-14-12-20(13-15-29)24(31)26-16-25(3,4)17-28(5)6/h8-11,18-20H,12-17H2,1-7H3,(H,26,31)(H,27,30). The van der Waals surface area contributed by atoms with E-state index in [0.29, 0.717) is 6.54 Å². The fourth-order valence-electron chi connectivity index (χ4n) is 4.53. The molecule has 7 heteroatoms. The Morgan fingerprint density at radius 3 is 2.41 bits per heavy atom. The molecule has 2 N–H and O–H groups in total. The molecule has 1 aliphatic rings. The Morgan fingerprint density at radius 1 is 1.19 bits per heavy atom. The Hall–Kier alpha value is -2.12. The summed E-state index contributed by atoms with van der Waals surface area (Å²) in [6.45, 7) is 11.3. The molecule has 2 unspecified atom stereocenters. The summed E-state index contributed by atoms with van der Waals surface area (Å²) < 4.78 is 5.42. The average molecular weight is 447 g/mol. The molecule has 1 aromatic rings. The molecule has 1 fully saturated rings. The van der Waals surface area contributed by atoms with Gasteiger partial charge in [0.05, 0.1) is 19.2 Å². The number of amides is 2. The van der Waals surface area contributed by atoms with Crippen LogP contribution in [0.3, 0.4) is 0 Å². The number of ether oxygens (including phenoxy) is 1. The van der Waals surface area contributed by atoms with Gasteiger partial charge in [0.1, 0.15) is 5.75 Å². The van der Waals surface area contributed by atoms with E-state index < -0.39 is 0 Å². The molecule has 0 radical (unpaired) electrons. The first kappa shape index (κ1) is 26.1. The quantitative estimate of drug-likeness (QED) is 0.578. The van der Waals surface area contributed by atoms with Crippen molar-refractivity contribution >= 4 is 11.8 Å². The first-order valence-corrected chi connectivity index (χ1v) is 11.6. The minimum Gasteiger partial charge on any atom is -0.496 e. The van der Waals surface area contributed by atoms with Crippen molar-refractivity contribution in [2.75, 3.05) is 47.4 Å². The number of nitrogens with zero attached hydrogens (tertiary/aromatic N) is 2. The molecule has 2 atom stereocenters. The van der Waals surface area contributed by atoms with Gasteiger partial charge in [-0.25, -0.2) is 0 Å². The highest BCUT2D eigenvalue weighted by atomic mass is 16.5. The summed E-state index contributed by atoms with van der Waals surface area (Å²) in [6, 6.07) is 7.35. The number of benzene rings is 1. The second kappa shape index (κ2) is 11.7. The van der Waals surface area contributed by atoms with Gasteiger partial charge in [0.2, 0.25) is 11.8 Å². The predicted octanol–water partition coefficient (Wildman–Crippen LogP) is 2.68. The van der Waals surface area contributed by atoms with E-state index in [-0.39, 0.29) is 35.2 Å². The number of likely N-dealkylation sites (tertiary alicyclic amines) is 1. The van der Waals surface area contributed by atoms with Crippen molar-refractivity contribution in [3.63, 3.8) is 0 Å². The zero-order chi connectivity index (χ0) is 23.9. The normalized spacial score (nSPS) is 17.6. The van der Waals surface area contributed by atoms with Crippen molar-refractivity contribution in [3.05, 3.63) is 29.8 Å². The maximum absolute atomic E-state index is 12.9. The van der Waals surface area contributed by atoms with Crippen LogP contribution in [0.25, 0.3) is 0 Å². The van der Waals surface area contributed by atoms with Crippen LogP contribution in [0.15, 0.2) is 24.3 Å². The van der Waals surface area contributed by atoms with Gasteiger partial charge in [0, 0.05) is 24.6 Å². The third-order valence-electron chi connectivity index (χ3n) is 6.28. The number of para-hydroxylation sites is 1. The largest absolute Gasteiger partial charge is 0.496 e. The second-order valence-electron chi connectivity index (χ2n) is 10.1. The van der Waals surface area contributed by atoms with Crippen LogP contribution in [0.5, 0.6) is 5.75 Å². The lowest BCUT2D eigenvalue weighted by molar-refractivity contribution is -0.129. The number of methoxy groups -OCH3 is 1. The van der Waals surface area contributed by atoms with Crippen LogP contribution in [0, 0.1) is 11.3 Å². The van der Waals surface area contributed by atoms with Crippen LogP contribution in [-0.4, -0.2) is 75.0 Å². The zero-order valence-corrected chi connectivity index (χ0v) is 20.9. The number of hydrogen-bond donors (Lipinski definition) is 2. The van der Waals surface area contributed by atoms with Gasteiger partial charge in [-0.05, 0) is 65.4 Å². The van der Waals surface area contributed by atoms with Gasteiger partial charge < -0.3 is 20.3 Å². The van der Waals surface area contributed by atoms with E-state index in [0.717, 1.165) is 43.8 Å². The van der Waals surface area contributed by atoms with Crippen LogP contribution in [0.4, 0.5) is 0 Å². The number of carbonyl (C=O) groups is 2. The lowest BCUT2D eigenvalue weighted by atomic mass is 9.91. The van der Waals surface area contributed by atoms with Crippen LogP contribution in [0.1, 0.15) is 52.1 Å². The van der Waals surface area contributed by atoms with E-state index in [1.807, 2.05) is 52.2 Å². The van der Waals surface area contributed by atoms with Gasteiger partial charge in [-0.3, -0.25) is 14.5 Å². The Morgan fingerprint density at radius 2 is 1.81 bits per heavy atom. The Labute approximate surface area is 193 Å². The molecule has 32 heavy (non-hydrogen) atoms. The molecular formula is C25H42N4O3. The molecule has 0 spiro atoms. The molecule has 2 rings (SSSR count). The molecule has 1 saturated heterocycles. The lowest BCUT2D eigenvalue weighted by Gasteiger charge is -2.36. The number of rotatable bonds is 10. The summed E-state index contributed by atoms with van der Waals surface area (Å²) in [5.74, 6) is 0.924. The summed E-state index contributed by atoms with van der Waals surface area (Å²) in [5, 5.41) is 6.26. The molecule has 2 amide bonds. The number of piperidine rings is 1. The topological polar surface area (TPSA) is 73.9 Å². The van der Waals surface area contributed by atoms with Crippen molar-refractivity contribution in [2.45, 2.75) is 52.6 Å². The highest BCUT2D eigenvalue weighted by Gasteiger charge is 2.31. The summed E-state index contributed by atoms with van der Waals surface area (Å²) in [5.41, 5.74) is 0.994. The van der Waals surface area contributed by atoms with Crippen molar-refractivity contribution < 1.29 is 14.3 Å². The molecule has 0 aliphatic carbocycles. The zero-order valence-electron chi connectivity index (χ0n) is 20.9. The van der Waals surface area contributed by atoms with E-state index >= 15 is 0 Å². The molecule has 1 heterocycles. The van der Waals surface area contributed by atoms with E-state index in [1.165, 1.54) is 0 Å². The molecular weight excluding hydrogens is 404 g/mol. The fraction of sp³-hybridized carbons (Fsp3) is 0.680. The molecule has 0 saturated carbocycles. The first-order valence-electron chi connectivity index (χ1n) is 11.6. The highest BCUT2D eigenvalue weighted by molar-refractivity contribution is 5.82. The summed E-state index contributed by atoms with van der Waals surface area (Å²) in [7, 11) is 5.74. The van der Waals surface area contributed by atoms with Gasteiger partial charge in [0.25, 0.3) is 0 Å². The third kappa shape index (κ3) is 7.48. The molecule has 1 aliphatic heterocycles. The Bertz CT molecular complexity index is 757. The van der Waals surface area contributed by atoms with E-state index in [1.54, 1.807) is 7.11 Å². The van der Waals surface area contributed by atoms with Crippen LogP contribution < -0.4 is 15.4 Å². The summed E-state index contributed by atoms with van der Waals surface area (Å²) in [6.07, 6.45) is 1.55. The molecule has 180 valence electrons. The van der Waals surface area contributed by atoms with E-state index in [4.69, 9.17) is 4.74 Å². The summed E-state index contributed by atoms with van der Waals surface area (Å²) >= 11 is 0. The van der Waals surface area contributed by atoms with Crippen molar-refractivity contribution in [1.82, 2.24) is 20.4 Å². The van der Waals surface area contributed by atoms with Crippen molar-refractivity contribution in [3.8, 4) is 5.75 Å². The van der Waals surface area contributed by atoms with Crippen molar-refractivity contribution in [1.29, 1.82) is 0 Å². The highest BCUT2D eigenvalue weighted by Crippen LogP contribution is 2.25. The minimum atomic E-state index is -0.241. The monoisotopic (exact) mass is 446 g/mol. The third-order valence-corrected chi connectivity index (χ3v) is 6.28. The summed E-state index contributed by atoms with van der Waals surface area (Å²) in [4.78, 5) is 29.8. The van der Waals surface area contributed by atoms with Gasteiger partial charge >= 0.3 is 0 Å². The Balaban J connectivity index is 1.82. The molecule has 0 aromatic heterocycles. The van der Waals surface area contributed by atoms with Gasteiger partial charge in [-0.15, -0.1) is 0 Å². The molecule has 1 aromatic carbocycles. The van der Waals surface area contributed by atoms with Crippen LogP contribution >= 0.6 is 0 Å². The van der Waals surface area contributed by atoms with E-state index in [9.17, 15) is 9.59 Å². The minimum absolute atomic E-state index is 0.00302. The fourth-order valence-corrected chi connectivity index (χ4v) is 4.53. The number of hydrogen-bond acceptors (Lipinski definition) is 5. The van der Waals surface area contributed by atoms with Gasteiger partial charge in [-0.2, -0.15) is 0 Å². The maximum Gasteiger partial charge on any atom is 0.237 e. The molecule has 7 nitrogen and oxygen atoms in total. The van der Waals surface area contributed by atoms with Crippen LogP contribution in [-0.2, 0) is 9.59 Å². The second-order valence-corrected chi connectivity index (χ2v) is 10.1. The van der Waals surface area contributed by atoms with Crippen LogP contribution in [0.2, 0.25) is 0 Å². The van der Waals surface area contributed by atoms with Crippen molar-refractivity contribution in [2.24, 2.45) is 11.3 Å². The molecule has 0 bridgehead atoms. The number of carbonyl (C=O) groups excluding carboxylic acids is 2. The van der Waals surface area contributed by atoms with Gasteiger partial charge in [-0.1, -0.05) is 32.0 Å². The SMILES string of the molecule is COc1ccccc1C(C)NC(=O)C(C)N1CCC(C(=O)NCC(C)(C)CN(C)C)CC1. The average Bonchev–Trinajstić information content (AvgIpc) is 2.76. The first-order chi connectivity index (χ1) is 15.0.